The summed E-state index contributed by atoms with van der Waals surface area (Å²) in [4.78, 5) is 3.80. The van der Waals surface area contributed by atoms with Crippen LogP contribution in [-0.4, -0.2) is 21.8 Å². The molecule has 2 N–H and O–H groups in total. The lowest BCUT2D eigenvalue weighted by Gasteiger charge is -2.20. The number of amidine groups is 1. The second-order valence-corrected chi connectivity index (χ2v) is 3.43. The highest BCUT2D eigenvalue weighted by atomic mass is 35.5. The Bertz CT molecular complexity index is 261. The lowest BCUT2D eigenvalue weighted by Crippen LogP contribution is -2.28. The molecule has 58 valence electrons. The van der Waals surface area contributed by atoms with E-state index < -0.39 is 0 Å². The van der Waals surface area contributed by atoms with E-state index in [4.69, 9.17) is 17.2 Å². The second kappa shape index (κ2) is 2.42. The molecule has 0 saturated carbocycles. The van der Waals surface area contributed by atoms with Crippen molar-refractivity contribution in [3.63, 3.8) is 0 Å². The molecule has 0 amide bonds. The SMILES string of the molecule is N=C1N=CN(Cl)C2=CNSC12. The zero-order chi connectivity index (χ0) is 7.84. The fourth-order valence-corrected chi connectivity index (χ4v) is 1.96. The number of halogens is 1. The van der Waals surface area contributed by atoms with E-state index in [9.17, 15) is 0 Å². The smallest absolute Gasteiger partial charge is 0.143 e. The van der Waals surface area contributed by atoms with Crippen molar-refractivity contribution in [3.8, 4) is 0 Å². The molecule has 6 heteroatoms. The van der Waals surface area contributed by atoms with Crippen molar-refractivity contribution in [1.82, 2.24) is 9.14 Å². The Labute approximate surface area is 73.1 Å². The van der Waals surface area contributed by atoms with Gasteiger partial charge in [-0.1, -0.05) is 0 Å². The summed E-state index contributed by atoms with van der Waals surface area (Å²) in [5.41, 5.74) is 0.872. The normalized spacial score (nSPS) is 28.1. The van der Waals surface area contributed by atoms with Crippen molar-refractivity contribution in [2.45, 2.75) is 5.25 Å². The Morgan fingerprint density at radius 2 is 2.64 bits per heavy atom. The van der Waals surface area contributed by atoms with Crippen LogP contribution in [0, 0.1) is 5.41 Å². The van der Waals surface area contributed by atoms with E-state index in [1.807, 2.05) is 0 Å². The summed E-state index contributed by atoms with van der Waals surface area (Å²) < 4.78 is 4.33. The first-order valence-electron chi connectivity index (χ1n) is 2.98. The fraction of sp³-hybridized carbons (Fsp3) is 0.200. The van der Waals surface area contributed by atoms with Gasteiger partial charge in [0.05, 0.1) is 5.70 Å². The number of rotatable bonds is 0. The highest BCUT2D eigenvalue weighted by molar-refractivity contribution is 7.99. The number of nitrogens with zero attached hydrogens (tertiary/aromatic N) is 2. The number of hydrogen-bond donors (Lipinski definition) is 2. The zero-order valence-corrected chi connectivity index (χ0v) is 6.99. The molecule has 1 atom stereocenters. The van der Waals surface area contributed by atoms with Crippen LogP contribution < -0.4 is 4.72 Å². The van der Waals surface area contributed by atoms with Gasteiger partial charge in [0.1, 0.15) is 17.4 Å². The monoisotopic (exact) mass is 188 g/mol. The van der Waals surface area contributed by atoms with Gasteiger partial charge in [-0.3, -0.25) is 5.41 Å². The molecule has 0 aliphatic carbocycles. The van der Waals surface area contributed by atoms with Gasteiger partial charge in [-0.25, -0.2) is 9.41 Å². The standard InChI is InChI=1S/C5H5ClN4S/c6-10-2-8-5(7)4-3(10)1-9-11-4/h1-2,4,7,9H. The summed E-state index contributed by atoms with van der Waals surface area (Å²) in [6.07, 6.45) is 3.21. The molecule has 0 aromatic heterocycles. The first kappa shape index (κ1) is 7.00. The van der Waals surface area contributed by atoms with E-state index in [1.54, 1.807) is 6.20 Å². The molecule has 2 rings (SSSR count). The summed E-state index contributed by atoms with van der Waals surface area (Å²) in [6, 6.07) is 0. The Morgan fingerprint density at radius 3 is 3.36 bits per heavy atom. The minimum absolute atomic E-state index is 0.0440. The molecule has 2 heterocycles. The number of nitrogens with one attached hydrogen (secondary N) is 2. The molecule has 0 radical (unpaired) electrons. The van der Waals surface area contributed by atoms with E-state index in [0.717, 1.165) is 5.70 Å². The van der Waals surface area contributed by atoms with Gasteiger partial charge in [0, 0.05) is 18.0 Å². The molecule has 0 aromatic rings. The highest BCUT2D eigenvalue weighted by Gasteiger charge is 2.30. The van der Waals surface area contributed by atoms with Gasteiger partial charge in [0.15, 0.2) is 0 Å². The van der Waals surface area contributed by atoms with Crippen LogP contribution in [-0.2, 0) is 0 Å². The number of hydrogen-bond acceptors (Lipinski definition) is 4. The van der Waals surface area contributed by atoms with Crippen molar-refractivity contribution in [1.29, 1.82) is 5.41 Å². The van der Waals surface area contributed by atoms with E-state index in [0.29, 0.717) is 5.84 Å². The third-order valence-corrected chi connectivity index (χ3v) is 2.69. The first-order valence-corrected chi connectivity index (χ1v) is 4.19. The minimum Gasteiger partial charge on any atom is -0.334 e. The average molecular weight is 189 g/mol. The van der Waals surface area contributed by atoms with Gasteiger partial charge in [-0.2, -0.15) is 0 Å². The molecule has 11 heavy (non-hydrogen) atoms. The first-order chi connectivity index (χ1) is 5.29. The van der Waals surface area contributed by atoms with E-state index in [-0.39, 0.29) is 5.25 Å². The Balaban J connectivity index is 2.36. The molecule has 2 aliphatic rings. The van der Waals surface area contributed by atoms with Gasteiger partial charge in [0.2, 0.25) is 0 Å². The number of fused-ring (bicyclic) bond motifs is 1. The van der Waals surface area contributed by atoms with Crippen molar-refractivity contribution >= 4 is 35.9 Å². The van der Waals surface area contributed by atoms with Gasteiger partial charge in [-0.05, 0) is 11.9 Å². The zero-order valence-electron chi connectivity index (χ0n) is 5.41. The predicted molar refractivity (Wildman–Crippen MR) is 46.5 cm³/mol. The van der Waals surface area contributed by atoms with Crippen LogP contribution in [0.2, 0.25) is 0 Å². The van der Waals surface area contributed by atoms with Crippen LogP contribution in [0.1, 0.15) is 0 Å². The molecule has 0 fully saturated rings. The third-order valence-electron chi connectivity index (χ3n) is 1.45. The van der Waals surface area contributed by atoms with Crippen LogP contribution in [0.15, 0.2) is 16.9 Å². The minimum atomic E-state index is -0.0440. The largest absolute Gasteiger partial charge is 0.334 e. The summed E-state index contributed by atoms with van der Waals surface area (Å²) in [6.45, 7) is 0. The van der Waals surface area contributed by atoms with Crippen LogP contribution in [0.25, 0.3) is 0 Å². The van der Waals surface area contributed by atoms with E-state index in [2.05, 4.69) is 9.71 Å². The van der Waals surface area contributed by atoms with Crippen LogP contribution in [0.3, 0.4) is 0 Å². The maximum atomic E-state index is 7.42. The Kier molecular flexibility index (Phi) is 1.54. The molecule has 0 bridgehead atoms. The predicted octanol–water partition coefficient (Wildman–Crippen LogP) is 0.923. The van der Waals surface area contributed by atoms with E-state index in [1.165, 1.54) is 22.7 Å². The van der Waals surface area contributed by atoms with Crippen molar-refractivity contribution < 1.29 is 0 Å². The van der Waals surface area contributed by atoms with E-state index >= 15 is 0 Å². The lowest BCUT2D eigenvalue weighted by atomic mass is 10.3. The summed E-state index contributed by atoms with van der Waals surface area (Å²) in [5.74, 6) is 0.336. The molecular weight excluding hydrogens is 184 g/mol. The highest BCUT2D eigenvalue weighted by Crippen LogP contribution is 2.29. The summed E-state index contributed by atoms with van der Waals surface area (Å²) in [5, 5.41) is 7.38. The molecule has 4 nitrogen and oxygen atoms in total. The van der Waals surface area contributed by atoms with Crippen molar-refractivity contribution in [2.24, 2.45) is 4.99 Å². The molecule has 0 saturated heterocycles. The van der Waals surface area contributed by atoms with Gasteiger partial charge in [0.25, 0.3) is 0 Å². The molecule has 2 aliphatic heterocycles. The van der Waals surface area contributed by atoms with Crippen LogP contribution in [0.5, 0.6) is 0 Å². The summed E-state index contributed by atoms with van der Waals surface area (Å²) in [7, 11) is 0. The quantitative estimate of drug-likeness (QED) is 0.439. The van der Waals surface area contributed by atoms with Crippen LogP contribution in [0.4, 0.5) is 0 Å². The number of aliphatic imine (C=N–C) groups is 1. The van der Waals surface area contributed by atoms with Crippen molar-refractivity contribution in [2.75, 3.05) is 0 Å². The fourth-order valence-electron chi connectivity index (χ4n) is 0.915. The van der Waals surface area contributed by atoms with Crippen LogP contribution >= 0.6 is 23.7 Å². The maximum absolute atomic E-state index is 7.42. The lowest BCUT2D eigenvalue weighted by molar-refractivity contribution is 0.801. The third kappa shape index (κ3) is 1.00. The van der Waals surface area contributed by atoms with Gasteiger partial charge < -0.3 is 4.72 Å². The topological polar surface area (TPSA) is 51.5 Å². The molecule has 0 spiro atoms. The average Bonchev–Trinajstić information content (AvgIpc) is 2.45. The van der Waals surface area contributed by atoms with Crippen molar-refractivity contribution in [3.05, 3.63) is 11.9 Å². The summed E-state index contributed by atoms with van der Waals surface area (Å²) >= 11 is 7.18. The maximum Gasteiger partial charge on any atom is 0.143 e. The second-order valence-electron chi connectivity index (χ2n) is 2.13. The Hall–Kier alpha value is -0.680. The molecule has 1 unspecified atom stereocenters. The van der Waals surface area contributed by atoms with Gasteiger partial charge in [-0.15, -0.1) is 0 Å². The molecular formula is C5H5ClN4S. The van der Waals surface area contributed by atoms with Gasteiger partial charge >= 0.3 is 0 Å². The Morgan fingerprint density at radius 1 is 1.82 bits per heavy atom. The molecule has 0 aromatic carbocycles.